The SMILES string of the molecule is CCCCCCCCCCCCOc1cc(-c2scc3c2OCCO3)c(OCCCCCCCCCCCC)cc1-c1scc2c1OCCO2. The highest BCUT2D eigenvalue weighted by atomic mass is 32.1. The van der Waals surface area contributed by atoms with Gasteiger partial charge in [-0.15, -0.1) is 22.7 Å². The average Bonchev–Trinajstić information content (AvgIpc) is 3.78. The Balaban J connectivity index is 1.27. The molecule has 3 aromatic rings. The molecule has 0 spiro atoms. The van der Waals surface area contributed by atoms with Gasteiger partial charge in [0.25, 0.3) is 0 Å². The molecule has 2 aromatic heterocycles. The Morgan fingerprint density at radius 1 is 0.460 bits per heavy atom. The minimum absolute atomic E-state index is 0.546. The van der Waals surface area contributed by atoms with Crippen LogP contribution < -0.4 is 28.4 Å². The number of benzene rings is 1. The lowest BCUT2D eigenvalue weighted by Crippen LogP contribution is -2.14. The van der Waals surface area contributed by atoms with Crippen molar-refractivity contribution in [3.63, 3.8) is 0 Å². The lowest BCUT2D eigenvalue weighted by molar-refractivity contribution is 0.174. The molecule has 2 aliphatic heterocycles. The second-order valence-corrected chi connectivity index (χ2v) is 15.6. The molecule has 0 radical (unpaired) electrons. The smallest absolute Gasteiger partial charge is 0.180 e. The first kappa shape index (κ1) is 38.6. The average molecular weight is 727 g/mol. The van der Waals surface area contributed by atoms with Gasteiger partial charge in [-0.25, -0.2) is 0 Å². The third kappa shape index (κ3) is 11.7. The number of hydrogen-bond acceptors (Lipinski definition) is 8. The van der Waals surface area contributed by atoms with E-state index in [2.05, 4.69) is 36.7 Å². The first-order valence-corrected chi connectivity index (χ1v) is 21.7. The van der Waals surface area contributed by atoms with E-state index in [0.717, 1.165) is 68.2 Å². The number of fused-ring (bicyclic) bond motifs is 2. The highest BCUT2D eigenvalue weighted by Crippen LogP contribution is 2.54. The summed E-state index contributed by atoms with van der Waals surface area (Å²) in [6.45, 7) is 8.15. The van der Waals surface area contributed by atoms with E-state index in [4.69, 9.17) is 28.4 Å². The van der Waals surface area contributed by atoms with Gasteiger partial charge in [-0.1, -0.05) is 129 Å². The van der Waals surface area contributed by atoms with E-state index in [1.165, 1.54) is 116 Å². The molecule has 5 rings (SSSR count). The summed E-state index contributed by atoms with van der Waals surface area (Å²) in [6.07, 6.45) is 25.9. The maximum atomic E-state index is 6.66. The molecule has 0 bridgehead atoms. The summed E-state index contributed by atoms with van der Waals surface area (Å²) < 4.78 is 37.5. The van der Waals surface area contributed by atoms with E-state index in [1.807, 2.05) is 0 Å². The summed E-state index contributed by atoms with van der Waals surface area (Å²) in [4.78, 5) is 2.06. The quantitative estimate of drug-likeness (QED) is 0.0768. The van der Waals surface area contributed by atoms with Crippen molar-refractivity contribution in [2.45, 2.75) is 142 Å². The van der Waals surface area contributed by atoms with Gasteiger partial charge in [0.05, 0.1) is 23.0 Å². The summed E-state index contributed by atoms with van der Waals surface area (Å²) >= 11 is 3.29. The Morgan fingerprint density at radius 3 is 1.18 bits per heavy atom. The molecule has 4 heterocycles. The van der Waals surface area contributed by atoms with Gasteiger partial charge in [0.1, 0.15) is 37.9 Å². The van der Waals surface area contributed by atoms with Gasteiger partial charge in [0.15, 0.2) is 23.0 Å². The highest BCUT2D eigenvalue weighted by Gasteiger charge is 2.27. The molecule has 50 heavy (non-hydrogen) atoms. The third-order valence-corrected chi connectivity index (χ3v) is 11.6. The van der Waals surface area contributed by atoms with Crippen LogP contribution in [0, 0.1) is 0 Å². The van der Waals surface area contributed by atoms with Crippen LogP contribution in [0.15, 0.2) is 22.9 Å². The van der Waals surface area contributed by atoms with Gasteiger partial charge in [-0.05, 0) is 25.0 Å². The lowest BCUT2D eigenvalue weighted by atomic mass is 10.0. The van der Waals surface area contributed by atoms with Crippen molar-refractivity contribution in [2.75, 3.05) is 39.6 Å². The summed E-state index contributed by atoms with van der Waals surface area (Å²) in [5.74, 6) is 4.94. The van der Waals surface area contributed by atoms with Crippen LogP contribution in [0.1, 0.15) is 142 Å². The molecule has 6 nitrogen and oxygen atoms in total. The van der Waals surface area contributed by atoms with E-state index in [-0.39, 0.29) is 0 Å². The zero-order valence-electron chi connectivity index (χ0n) is 31.0. The van der Waals surface area contributed by atoms with E-state index >= 15 is 0 Å². The molecule has 8 heteroatoms. The van der Waals surface area contributed by atoms with Gasteiger partial charge >= 0.3 is 0 Å². The van der Waals surface area contributed by atoms with Crippen LogP contribution in [-0.4, -0.2) is 39.6 Å². The topological polar surface area (TPSA) is 55.4 Å². The summed E-state index contributed by atoms with van der Waals surface area (Å²) in [6, 6.07) is 4.33. The Hall–Kier alpha value is -2.58. The first-order valence-electron chi connectivity index (χ1n) is 20.0. The van der Waals surface area contributed by atoms with Crippen molar-refractivity contribution in [3.05, 3.63) is 22.9 Å². The largest absolute Gasteiger partial charge is 0.493 e. The minimum Gasteiger partial charge on any atom is -0.493 e. The molecule has 0 atom stereocenters. The first-order chi connectivity index (χ1) is 24.8. The summed E-state index contributed by atoms with van der Waals surface area (Å²) in [7, 11) is 0. The van der Waals surface area contributed by atoms with Crippen LogP contribution in [0.2, 0.25) is 0 Å². The Kier molecular flexibility index (Phi) is 17.3. The van der Waals surface area contributed by atoms with Crippen molar-refractivity contribution in [2.24, 2.45) is 0 Å². The molecular weight excluding hydrogens is 665 g/mol. The molecule has 0 amide bonds. The number of ether oxygens (including phenoxy) is 6. The maximum absolute atomic E-state index is 6.66. The van der Waals surface area contributed by atoms with Gasteiger partial charge in [-0.3, -0.25) is 0 Å². The normalized spacial score (nSPS) is 13.5. The number of thiophene rings is 2. The van der Waals surface area contributed by atoms with Crippen molar-refractivity contribution < 1.29 is 28.4 Å². The molecule has 278 valence electrons. The lowest BCUT2D eigenvalue weighted by Gasteiger charge is -2.21. The standard InChI is InChI=1S/C42H62O6S2/c1-3-5-7-9-11-13-15-17-19-21-23-43-35-29-34(42-40-38(32-50-42)46-26-28-48-40)36(44-24-22-20-18-16-14-12-10-8-6-4-2)30-33(35)41-39-37(31-49-41)45-25-27-47-39/h29-32H,3-28H2,1-2H3. The second kappa shape index (κ2) is 22.4. The highest BCUT2D eigenvalue weighted by molar-refractivity contribution is 7.14. The fourth-order valence-electron chi connectivity index (χ4n) is 6.79. The van der Waals surface area contributed by atoms with Gasteiger partial charge in [0, 0.05) is 21.9 Å². The zero-order chi connectivity index (χ0) is 34.6. The van der Waals surface area contributed by atoms with E-state index in [0.29, 0.717) is 39.6 Å². The monoisotopic (exact) mass is 726 g/mol. The molecule has 0 unspecified atom stereocenters. The Bertz CT molecular complexity index is 1280. The second-order valence-electron chi connectivity index (χ2n) is 13.8. The molecular formula is C42H62O6S2. The van der Waals surface area contributed by atoms with Crippen LogP contribution in [0.4, 0.5) is 0 Å². The van der Waals surface area contributed by atoms with Crippen LogP contribution in [-0.2, 0) is 0 Å². The van der Waals surface area contributed by atoms with Gasteiger partial charge < -0.3 is 28.4 Å². The van der Waals surface area contributed by atoms with Gasteiger partial charge in [0.2, 0.25) is 0 Å². The molecule has 0 saturated heterocycles. The van der Waals surface area contributed by atoms with Crippen LogP contribution >= 0.6 is 22.7 Å². The summed E-state index contributed by atoms with van der Waals surface area (Å²) in [5, 5.41) is 4.10. The number of rotatable bonds is 26. The van der Waals surface area contributed by atoms with Crippen molar-refractivity contribution in [1.82, 2.24) is 0 Å². The number of unbranched alkanes of at least 4 members (excludes halogenated alkanes) is 18. The minimum atomic E-state index is 0.546. The molecule has 0 saturated carbocycles. The predicted octanol–water partition coefficient (Wildman–Crippen LogP) is 13.3. The molecule has 0 aliphatic carbocycles. The third-order valence-electron chi connectivity index (χ3n) is 9.68. The zero-order valence-corrected chi connectivity index (χ0v) is 32.6. The molecule has 0 N–H and O–H groups in total. The number of hydrogen-bond donors (Lipinski definition) is 0. The van der Waals surface area contributed by atoms with Crippen molar-refractivity contribution in [3.8, 4) is 55.4 Å². The Morgan fingerprint density at radius 2 is 0.800 bits per heavy atom. The molecule has 0 fully saturated rings. The molecule has 1 aromatic carbocycles. The van der Waals surface area contributed by atoms with Crippen molar-refractivity contribution in [1.29, 1.82) is 0 Å². The maximum Gasteiger partial charge on any atom is 0.180 e. The predicted molar refractivity (Wildman–Crippen MR) is 210 cm³/mol. The molecule has 2 aliphatic rings. The van der Waals surface area contributed by atoms with Crippen LogP contribution in [0.3, 0.4) is 0 Å². The van der Waals surface area contributed by atoms with Crippen LogP contribution in [0.25, 0.3) is 20.9 Å². The summed E-state index contributed by atoms with van der Waals surface area (Å²) in [5.41, 5.74) is 2.00. The van der Waals surface area contributed by atoms with E-state index in [1.54, 1.807) is 22.7 Å². The van der Waals surface area contributed by atoms with Crippen molar-refractivity contribution >= 4 is 22.7 Å². The fraction of sp³-hybridized carbons (Fsp3) is 0.667. The van der Waals surface area contributed by atoms with E-state index < -0.39 is 0 Å². The van der Waals surface area contributed by atoms with E-state index in [9.17, 15) is 0 Å². The van der Waals surface area contributed by atoms with Gasteiger partial charge in [-0.2, -0.15) is 0 Å². The van der Waals surface area contributed by atoms with Crippen LogP contribution in [0.5, 0.6) is 34.5 Å². The Labute approximate surface area is 310 Å². The fourth-order valence-corrected chi connectivity index (χ4v) is 8.70.